The molecule has 1 saturated heterocycles. The lowest BCUT2D eigenvalue weighted by atomic mass is 9.63. The SMILES string of the molecule is C[C@H](Oc1cc(-n2cnc3cccnc32)nc(-c2noc3c2CCC[C@@]32CCCc3sc(N)c(C#N)c32)n1)[C@@H]1CCCN1C. The summed E-state index contributed by atoms with van der Waals surface area (Å²) in [6.45, 7) is 3.16. The van der Waals surface area contributed by atoms with Crippen molar-refractivity contribution in [2.75, 3.05) is 19.3 Å². The summed E-state index contributed by atoms with van der Waals surface area (Å²) in [4.78, 5) is 22.6. The summed E-state index contributed by atoms with van der Waals surface area (Å²) in [6, 6.07) is 8.34. The highest BCUT2D eigenvalue weighted by molar-refractivity contribution is 7.16. The first kappa shape index (κ1) is 27.2. The van der Waals surface area contributed by atoms with Crippen molar-refractivity contribution in [2.45, 2.75) is 75.9 Å². The third-order valence-corrected chi connectivity index (χ3v) is 10.8. The monoisotopic (exact) mass is 607 g/mol. The lowest BCUT2D eigenvalue weighted by Gasteiger charge is -2.39. The molecule has 0 unspecified atom stereocenters. The average Bonchev–Trinajstić information content (AvgIpc) is 3.82. The van der Waals surface area contributed by atoms with Gasteiger partial charge in [-0.15, -0.1) is 11.3 Å². The van der Waals surface area contributed by atoms with E-state index in [0.717, 1.165) is 80.3 Å². The number of rotatable bonds is 5. The van der Waals surface area contributed by atoms with Crippen LogP contribution in [0.15, 0.2) is 35.2 Å². The van der Waals surface area contributed by atoms with Crippen molar-refractivity contribution in [1.82, 2.24) is 34.6 Å². The molecule has 1 fully saturated rings. The number of fused-ring (bicyclic) bond motifs is 5. The van der Waals surface area contributed by atoms with E-state index in [1.165, 1.54) is 4.88 Å². The van der Waals surface area contributed by atoms with E-state index in [1.54, 1.807) is 23.9 Å². The van der Waals surface area contributed by atoms with Crippen LogP contribution in [0.2, 0.25) is 0 Å². The van der Waals surface area contributed by atoms with Crippen LogP contribution in [0.3, 0.4) is 0 Å². The predicted octanol–water partition coefficient (Wildman–Crippen LogP) is 5.20. The van der Waals surface area contributed by atoms with E-state index >= 15 is 0 Å². The lowest BCUT2D eigenvalue weighted by molar-refractivity contribution is 0.117. The molecule has 0 saturated carbocycles. The Labute approximate surface area is 258 Å². The number of thiophene rings is 1. The molecule has 224 valence electrons. The van der Waals surface area contributed by atoms with Crippen LogP contribution in [0.5, 0.6) is 5.88 Å². The fourth-order valence-electron chi connectivity index (χ4n) is 7.73. The van der Waals surface area contributed by atoms with Crippen molar-refractivity contribution in [3.8, 4) is 29.3 Å². The molecule has 1 spiro atoms. The van der Waals surface area contributed by atoms with Gasteiger partial charge in [0.1, 0.15) is 34.8 Å². The minimum atomic E-state index is -0.422. The molecule has 11 nitrogen and oxygen atoms in total. The first-order valence-corrected chi connectivity index (χ1v) is 16.1. The van der Waals surface area contributed by atoms with E-state index in [2.05, 4.69) is 40.1 Å². The molecule has 8 rings (SSSR count). The largest absolute Gasteiger partial charge is 0.473 e. The number of nitrogens with zero attached hydrogens (tertiary/aromatic N) is 8. The van der Waals surface area contributed by atoms with E-state index in [9.17, 15) is 5.26 Å². The van der Waals surface area contributed by atoms with E-state index in [4.69, 9.17) is 25.0 Å². The number of imidazole rings is 1. The van der Waals surface area contributed by atoms with Gasteiger partial charge in [0, 0.05) is 28.7 Å². The Balaban J connectivity index is 1.26. The number of pyridine rings is 1. The van der Waals surface area contributed by atoms with Gasteiger partial charge in [-0.3, -0.25) is 9.47 Å². The van der Waals surface area contributed by atoms with Crippen LogP contribution >= 0.6 is 11.3 Å². The number of nitrogens with two attached hydrogens (primary N) is 1. The van der Waals surface area contributed by atoms with Crippen molar-refractivity contribution in [3.63, 3.8) is 0 Å². The maximum Gasteiger partial charge on any atom is 0.219 e. The minimum absolute atomic E-state index is 0.0700. The lowest BCUT2D eigenvalue weighted by Crippen LogP contribution is -2.38. The Hall–Kier alpha value is -4.34. The molecule has 1 aliphatic heterocycles. The van der Waals surface area contributed by atoms with E-state index in [0.29, 0.717) is 45.5 Å². The fraction of sp³-hybridized carbons (Fsp3) is 0.438. The zero-order valence-electron chi connectivity index (χ0n) is 24.8. The van der Waals surface area contributed by atoms with Crippen molar-refractivity contribution in [3.05, 3.63) is 58.1 Å². The molecule has 3 aliphatic rings. The number of ether oxygens (including phenoxy) is 1. The number of nitrogen functional groups attached to an aromatic ring is 1. The average molecular weight is 608 g/mol. The first-order valence-electron chi connectivity index (χ1n) is 15.3. The van der Waals surface area contributed by atoms with E-state index in [-0.39, 0.29) is 6.10 Å². The molecule has 0 aromatic carbocycles. The molecule has 5 aromatic rings. The number of likely N-dealkylation sites (tertiary alicyclic amines) is 1. The highest BCUT2D eigenvalue weighted by Gasteiger charge is 2.48. The molecule has 6 heterocycles. The van der Waals surface area contributed by atoms with Gasteiger partial charge in [-0.25, -0.2) is 15.0 Å². The standard InChI is InChI=1S/C32H33N9O2S/c1-18(22-9-6-14-40(22)2)42-25-15-24(41-17-36-21-8-5-13-35-31(21)41)37-30(38-25)27-19-7-3-11-32(28(19)43-39-27)12-4-10-23-26(32)20(16-33)29(34)44-23/h5,8,13,15,17-18,22H,3-4,6-7,9-12,14,34H2,1-2H3/t18-,22-,32-/m0/s1. The van der Waals surface area contributed by atoms with Crippen LogP contribution in [-0.4, -0.2) is 60.3 Å². The van der Waals surface area contributed by atoms with Crippen LogP contribution in [0.1, 0.15) is 72.8 Å². The zero-order chi connectivity index (χ0) is 30.0. The van der Waals surface area contributed by atoms with Gasteiger partial charge in [0.15, 0.2) is 22.9 Å². The van der Waals surface area contributed by atoms with Crippen LogP contribution in [0.25, 0.3) is 28.5 Å². The minimum Gasteiger partial charge on any atom is -0.473 e. The smallest absolute Gasteiger partial charge is 0.219 e. The molecule has 2 N–H and O–H groups in total. The zero-order valence-corrected chi connectivity index (χ0v) is 25.6. The highest BCUT2D eigenvalue weighted by atomic mass is 32.1. The van der Waals surface area contributed by atoms with Gasteiger partial charge in [-0.2, -0.15) is 10.2 Å². The molecular weight excluding hydrogens is 574 g/mol. The second-order valence-corrected chi connectivity index (χ2v) is 13.4. The summed E-state index contributed by atoms with van der Waals surface area (Å²) in [7, 11) is 2.14. The Morgan fingerprint density at radius 1 is 1.20 bits per heavy atom. The van der Waals surface area contributed by atoms with Crippen molar-refractivity contribution in [1.29, 1.82) is 5.26 Å². The highest BCUT2D eigenvalue weighted by Crippen LogP contribution is 2.55. The molecule has 2 aliphatic carbocycles. The van der Waals surface area contributed by atoms with Gasteiger partial charge >= 0.3 is 0 Å². The summed E-state index contributed by atoms with van der Waals surface area (Å²) < 4.78 is 14.7. The second kappa shape index (κ2) is 10.4. The van der Waals surface area contributed by atoms with Crippen LogP contribution in [-0.2, 0) is 18.3 Å². The van der Waals surface area contributed by atoms with Crippen LogP contribution in [0, 0.1) is 11.3 Å². The van der Waals surface area contributed by atoms with Crippen molar-refractivity contribution in [2.24, 2.45) is 0 Å². The summed E-state index contributed by atoms with van der Waals surface area (Å²) in [5, 5.41) is 15.3. The molecular formula is C32H33N9O2S. The third-order valence-electron chi connectivity index (χ3n) is 9.74. The second-order valence-electron chi connectivity index (χ2n) is 12.2. The molecule has 0 radical (unpaired) electrons. The number of nitriles is 1. The molecule has 3 atom stereocenters. The van der Waals surface area contributed by atoms with Crippen LogP contribution in [0.4, 0.5) is 5.00 Å². The van der Waals surface area contributed by atoms with Gasteiger partial charge in [0.25, 0.3) is 0 Å². The number of aryl methyl sites for hydroxylation is 1. The number of likely N-dealkylation sites (N-methyl/N-ethyl adjacent to an activating group) is 1. The van der Waals surface area contributed by atoms with Gasteiger partial charge in [0.2, 0.25) is 5.88 Å². The Kier molecular flexibility index (Phi) is 6.43. The maximum absolute atomic E-state index is 10.1. The van der Waals surface area contributed by atoms with Gasteiger partial charge in [0.05, 0.1) is 11.0 Å². The molecule has 44 heavy (non-hydrogen) atoms. The van der Waals surface area contributed by atoms with Crippen molar-refractivity contribution < 1.29 is 9.26 Å². The number of hydrogen-bond acceptors (Lipinski definition) is 11. The predicted molar refractivity (Wildman–Crippen MR) is 166 cm³/mol. The number of aromatic nitrogens is 6. The van der Waals surface area contributed by atoms with E-state index in [1.807, 2.05) is 22.8 Å². The molecule has 5 aromatic heterocycles. The summed E-state index contributed by atoms with van der Waals surface area (Å²) in [6.07, 6.45) is 11.1. The van der Waals surface area contributed by atoms with Crippen molar-refractivity contribution >= 4 is 27.5 Å². The number of hydrogen-bond donors (Lipinski definition) is 1. The third kappa shape index (κ3) is 4.13. The molecule has 0 amide bonds. The van der Waals surface area contributed by atoms with Crippen LogP contribution < -0.4 is 10.5 Å². The maximum atomic E-state index is 10.1. The number of anilines is 1. The molecule has 12 heteroatoms. The normalized spacial score (nSPS) is 22.2. The van der Waals surface area contributed by atoms with E-state index < -0.39 is 5.41 Å². The Morgan fingerprint density at radius 2 is 2.07 bits per heavy atom. The van der Waals surface area contributed by atoms with Gasteiger partial charge in [-0.1, -0.05) is 5.16 Å². The summed E-state index contributed by atoms with van der Waals surface area (Å²) in [5.41, 5.74) is 10.6. The molecule has 0 bridgehead atoms. The summed E-state index contributed by atoms with van der Waals surface area (Å²) in [5.74, 6) is 2.32. The summed E-state index contributed by atoms with van der Waals surface area (Å²) >= 11 is 1.54. The van der Waals surface area contributed by atoms with Gasteiger partial charge in [-0.05, 0) is 89.6 Å². The van der Waals surface area contributed by atoms with Gasteiger partial charge < -0.3 is 15.0 Å². The first-order chi connectivity index (χ1) is 21.5. The quantitative estimate of drug-likeness (QED) is 0.283. The Bertz CT molecular complexity index is 1930. The Morgan fingerprint density at radius 3 is 2.89 bits per heavy atom. The fourth-order valence-corrected chi connectivity index (χ4v) is 8.90. The topological polar surface area (TPSA) is 145 Å².